The summed E-state index contributed by atoms with van der Waals surface area (Å²) < 4.78 is 24.3. The fraction of sp³-hybridized carbons (Fsp3) is 0.167. The first kappa shape index (κ1) is 15.9. The molecule has 1 aromatic heterocycles. The summed E-state index contributed by atoms with van der Waals surface area (Å²) in [5.41, 5.74) is 0.104. The molecule has 0 unspecified atom stereocenters. The zero-order valence-electron chi connectivity index (χ0n) is 10.9. The maximum atomic E-state index is 11.7. The molecule has 0 amide bonds. The topological polar surface area (TPSA) is 89.3 Å². The minimum absolute atomic E-state index is 0.287. The maximum Gasteiger partial charge on any atom is 0.288 e. The number of halogens is 1. The average molecular weight is 391 g/mol. The minimum Gasteiger partial charge on any atom is -0.380 e. The van der Waals surface area contributed by atoms with Crippen LogP contribution < -0.4 is 5.32 Å². The van der Waals surface area contributed by atoms with Crippen LogP contribution in [0.3, 0.4) is 0 Å². The lowest BCUT2D eigenvalue weighted by atomic mass is 10.3. The van der Waals surface area contributed by atoms with Crippen LogP contribution in [0, 0.1) is 10.1 Å². The number of nitro groups is 1. The molecular weight excluding hydrogens is 380 g/mol. The Morgan fingerprint density at radius 2 is 2.10 bits per heavy atom. The summed E-state index contributed by atoms with van der Waals surface area (Å²) in [4.78, 5) is 11.0. The molecule has 0 saturated carbocycles. The summed E-state index contributed by atoms with van der Waals surface area (Å²) in [6, 6.07) is 5.93. The van der Waals surface area contributed by atoms with Gasteiger partial charge >= 0.3 is 0 Å². The van der Waals surface area contributed by atoms with E-state index in [1.807, 2.05) is 11.4 Å². The fourth-order valence-electron chi connectivity index (χ4n) is 1.71. The van der Waals surface area contributed by atoms with Gasteiger partial charge in [0.25, 0.3) is 5.69 Å². The third kappa shape index (κ3) is 4.02. The van der Waals surface area contributed by atoms with Crippen LogP contribution in [0.25, 0.3) is 0 Å². The Bertz CT molecular complexity index is 786. The van der Waals surface area contributed by atoms with Gasteiger partial charge in [0, 0.05) is 39.3 Å². The summed E-state index contributed by atoms with van der Waals surface area (Å²) in [5.74, 6) is 0. The van der Waals surface area contributed by atoms with Gasteiger partial charge in [0.1, 0.15) is 4.90 Å². The highest BCUT2D eigenvalue weighted by Gasteiger charge is 2.22. The largest absolute Gasteiger partial charge is 0.380 e. The summed E-state index contributed by atoms with van der Waals surface area (Å²) in [5, 5.41) is 15.9. The molecule has 6 nitrogen and oxygen atoms in total. The molecule has 0 aliphatic heterocycles. The molecule has 0 fully saturated rings. The monoisotopic (exact) mass is 390 g/mol. The first-order chi connectivity index (χ1) is 9.77. The lowest BCUT2D eigenvalue weighted by Crippen LogP contribution is -2.05. The average Bonchev–Trinajstić information content (AvgIpc) is 2.81. The molecule has 1 N–H and O–H groups in total. The second-order valence-electron chi connectivity index (χ2n) is 4.30. The number of nitrogens with one attached hydrogen (secondary N) is 1. The Morgan fingerprint density at radius 1 is 1.38 bits per heavy atom. The van der Waals surface area contributed by atoms with Crippen LogP contribution in [0.2, 0.25) is 0 Å². The number of anilines is 1. The molecule has 0 spiro atoms. The number of benzene rings is 1. The Balaban J connectivity index is 2.27. The maximum absolute atomic E-state index is 11.7. The van der Waals surface area contributed by atoms with E-state index < -0.39 is 20.4 Å². The van der Waals surface area contributed by atoms with Crippen molar-refractivity contribution < 1.29 is 13.3 Å². The molecule has 0 atom stereocenters. The Morgan fingerprint density at radius 3 is 2.62 bits per heavy atom. The number of sulfone groups is 1. The van der Waals surface area contributed by atoms with E-state index in [1.165, 1.54) is 18.2 Å². The Kier molecular flexibility index (Phi) is 4.64. The number of hydrogen-bond donors (Lipinski definition) is 1. The normalized spacial score (nSPS) is 11.3. The van der Waals surface area contributed by atoms with Gasteiger partial charge in [0.2, 0.25) is 0 Å². The van der Waals surface area contributed by atoms with Crippen LogP contribution in [-0.2, 0) is 16.4 Å². The van der Waals surface area contributed by atoms with Gasteiger partial charge in [0.15, 0.2) is 9.84 Å². The van der Waals surface area contributed by atoms with Crippen molar-refractivity contribution in [2.45, 2.75) is 11.4 Å². The second-order valence-corrected chi connectivity index (χ2v) is 8.19. The highest BCUT2D eigenvalue weighted by Crippen LogP contribution is 2.28. The van der Waals surface area contributed by atoms with Crippen LogP contribution in [0.1, 0.15) is 4.88 Å². The molecule has 112 valence electrons. The third-order valence-electron chi connectivity index (χ3n) is 2.64. The molecule has 0 bridgehead atoms. The molecule has 2 rings (SSSR count). The van der Waals surface area contributed by atoms with E-state index in [4.69, 9.17) is 0 Å². The summed E-state index contributed by atoms with van der Waals surface area (Å²) in [6.45, 7) is 0.511. The van der Waals surface area contributed by atoms with Crippen molar-refractivity contribution in [2.24, 2.45) is 0 Å². The molecule has 0 radical (unpaired) electrons. The predicted molar refractivity (Wildman–Crippen MR) is 85.6 cm³/mol. The van der Waals surface area contributed by atoms with E-state index in [0.29, 0.717) is 12.2 Å². The first-order valence-electron chi connectivity index (χ1n) is 5.72. The lowest BCUT2D eigenvalue weighted by Gasteiger charge is -2.07. The molecule has 2 aromatic rings. The number of nitro benzene ring substituents is 1. The van der Waals surface area contributed by atoms with E-state index in [-0.39, 0.29) is 4.90 Å². The van der Waals surface area contributed by atoms with Gasteiger partial charge in [-0.15, -0.1) is 11.3 Å². The van der Waals surface area contributed by atoms with Crippen molar-refractivity contribution >= 4 is 48.5 Å². The smallest absolute Gasteiger partial charge is 0.288 e. The number of nitrogens with zero attached hydrogens (tertiary/aromatic N) is 1. The third-order valence-corrected chi connectivity index (χ3v) is 5.47. The van der Waals surface area contributed by atoms with E-state index in [9.17, 15) is 18.5 Å². The molecule has 9 heteroatoms. The van der Waals surface area contributed by atoms with E-state index in [0.717, 1.165) is 15.6 Å². The standard InChI is InChI=1S/C12H11BrN2O4S2/c1-21(18,19)12-5-9(2-3-11(12)15(16)17)14-6-10-4-8(13)7-20-10/h2-5,7,14H,6H2,1H3. The van der Waals surface area contributed by atoms with E-state index >= 15 is 0 Å². The Hall–Kier alpha value is -1.45. The molecule has 21 heavy (non-hydrogen) atoms. The van der Waals surface area contributed by atoms with Gasteiger partial charge in [0.05, 0.1) is 4.92 Å². The van der Waals surface area contributed by atoms with E-state index in [1.54, 1.807) is 11.3 Å². The number of hydrogen-bond acceptors (Lipinski definition) is 6. The number of thiophene rings is 1. The van der Waals surface area contributed by atoms with Crippen molar-refractivity contribution in [1.29, 1.82) is 0 Å². The minimum atomic E-state index is -3.67. The van der Waals surface area contributed by atoms with Gasteiger partial charge in [-0.05, 0) is 34.1 Å². The SMILES string of the molecule is CS(=O)(=O)c1cc(NCc2cc(Br)cs2)ccc1[N+](=O)[O-]. The quantitative estimate of drug-likeness (QED) is 0.623. The van der Waals surface area contributed by atoms with Crippen LogP contribution in [-0.4, -0.2) is 19.6 Å². The molecule has 1 aromatic carbocycles. The zero-order chi connectivity index (χ0) is 15.6. The van der Waals surface area contributed by atoms with Crippen LogP contribution in [0.4, 0.5) is 11.4 Å². The van der Waals surface area contributed by atoms with Gasteiger partial charge in [-0.3, -0.25) is 10.1 Å². The fourth-order valence-corrected chi connectivity index (χ4v) is 3.96. The Labute approximate surface area is 134 Å². The highest BCUT2D eigenvalue weighted by atomic mass is 79.9. The summed E-state index contributed by atoms with van der Waals surface area (Å²) >= 11 is 4.90. The van der Waals surface area contributed by atoms with Gasteiger partial charge < -0.3 is 5.32 Å². The van der Waals surface area contributed by atoms with Gasteiger partial charge in [-0.25, -0.2) is 8.42 Å². The van der Waals surface area contributed by atoms with Crippen LogP contribution >= 0.6 is 27.3 Å². The van der Waals surface area contributed by atoms with Gasteiger partial charge in [-0.2, -0.15) is 0 Å². The zero-order valence-corrected chi connectivity index (χ0v) is 14.1. The molecule has 1 heterocycles. The predicted octanol–water partition coefficient (Wildman–Crippen LogP) is 3.43. The van der Waals surface area contributed by atoms with Crippen molar-refractivity contribution in [3.63, 3.8) is 0 Å². The molecular formula is C12H11BrN2O4S2. The van der Waals surface area contributed by atoms with Crippen molar-refractivity contribution in [3.8, 4) is 0 Å². The first-order valence-corrected chi connectivity index (χ1v) is 9.29. The van der Waals surface area contributed by atoms with Crippen molar-refractivity contribution in [1.82, 2.24) is 0 Å². The van der Waals surface area contributed by atoms with Crippen LogP contribution in [0.5, 0.6) is 0 Å². The van der Waals surface area contributed by atoms with Crippen molar-refractivity contribution in [3.05, 3.63) is 49.1 Å². The molecule has 0 saturated heterocycles. The van der Waals surface area contributed by atoms with Crippen LogP contribution in [0.15, 0.2) is 39.0 Å². The van der Waals surface area contributed by atoms with E-state index in [2.05, 4.69) is 21.2 Å². The van der Waals surface area contributed by atoms with Crippen molar-refractivity contribution in [2.75, 3.05) is 11.6 Å². The lowest BCUT2D eigenvalue weighted by molar-refractivity contribution is -0.387. The van der Waals surface area contributed by atoms with Gasteiger partial charge in [-0.1, -0.05) is 0 Å². The second kappa shape index (κ2) is 6.12. The molecule has 0 aliphatic rings. The highest BCUT2D eigenvalue weighted by molar-refractivity contribution is 9.10. The summed E-state index contributed by atoms with van der Waals surface area (Å²) in [6.07, 6.45) is 0.954. The molecule has 0 aliphatic carbocycles. The summed E-state index contributed by atoms with van der Waals surface area (Å²) in [7, 11) is -3.67. The number of rotatable bonds is 5.